The molecule has 0 amide bonds. The molecule has 0 fully saturated rings. The number of unbranched alkanes of at least 4 members (excludes halogenated alkanes) is 1. The molecule has 0 aromatic heterocycles. The standard InChI is InChI=1S/C14H23NO2/c1-4-6-9-15-11-12-7-8-13(17-5-2)14(10-12)16-3/h7-8,10,15H,4-6,9,11H2,1-3H3. The second-order valence-electron chi connectivity index (χ2n) is 3.95. The maximum Gasteiger partial charge on any atom is 0.161 e. The Balaban J connectivity index is 2.56. The number of benzene rings is 1. The normalized spacial score (nSPS) is 10.3. The molecule has 1 N–H and O–H groups in total. The topological polar surface area (TPSA) is 30.5 Å². The van der Waals surface area contributed by atoms with Crippen molar-refractivity contribution in [1.82, 2.24) is 5.32 Å². The number of methoxy groups -OCH3 is 1. The molecule has 0 atom stereocenters. The summed E-state index contributed by atoms with van der Waals surface area (Å²) in [6.45, 7) is 6.76. The summed E-state index contributed by atoms with van der Waals surface area (Å²) in [4.78, 5) is 0. The van der Waals surface area contributed by atoms with Crippen molar-refractivity contribution in [2.75, 3.05) is 20.3 Å². The van der Waals surface area contributed by atoms with Gasteiger partial charge in [0.05, 0.1) is 13.7 Å². The highest BCUT2D eigenvalue weighted by Gasteiger charge is 2.04. The number of rotatable bonds is 8. The first kappa shape index (κ1) is 13.8. The molecule has 1 rings (SSSR count). The van der Waals surface area contributed by atoms with Gasteiger partial charge < -0.3 is 14.8 Å². The van der Waals surface area contributed by atoms with E-state index in [1.165, 1.54) is 18.4 Å². The molecule has 96 valence electrons. The lowest BCUT2D eigenvalue weighted by Gasteiger charge is -2.11. The van der Waals surface area contributed by atoms with E-state index < -0.39 is 0 Å². The average molecular weight is 237 g/mol. The third-order valence-electron chi connectivity index (χ3n) is 2.56. The molecule has 0 heterocycles. The summed E-state index contributed by atoms with van der Waals surface area (Å²) in [5, 5.41) is 3.41. The van der Waals surface area contributed by atoms with Crippen molar-refractivity contribution in [3.05, 3.63) is 23.8 Å². The minimum absolute atomic E-state index is 0.657. The molecule has 0 aliphatic rings. The summed E-state index contributed by atoms with van der Waals surface area (Å²) in [5.41, 5.74) is 1.22. The highest BCUT2D eigenvalue weighted by atomic mass is 16.5. The van der Waals surface area contributed by atoms with Gasteiger partial charge in [-0.15, -0.1) is 0 Å². The Labute approximate surface area is 104 Å². The molecule has 0 radical (unpaired) electrons. The molecule has 0 unspecified atom stereocenters. The van der Waals surface area contributed by atoms with Crippen molar-refractivity contribution in [3.63, 3.8) is 0 Å². The summed E-state index contributed by atoms with van der Waals surface area (Å²) < 4.78 is 10.8. The van der Waals surface area contributed by atoms with Crippen molar-refractivity contribution < 1.29 is 9.47 Å². The van der Waals surface area contributed by atoms with Crippen LogP contribution in [0.25, 0.3) is 0 Å². The van der Waals surface area contributed by atoms with Gasteiger partial charge in [0.15, 0.2) is 11.5 Å². The summed E-state index contributed by atoms with van der Waals surface area (Å²) in [6, 6.07) is 6.08. The Morgan fingerprint density at radius 2 is 2.00 bits per heavy atom. The molecule has 0 bridgehead atoms. The fourth-order valence-corrected chi connectivity index (χ4v) is 1.63. The predicted octanol–water partition coefficient (Wildman–Crippen LogP) is 2.98. The van der Waals surface area contributed by atoms with Gasteiger partial charge in [-0.1, -0.05) is 19.4 Å². The lowest BCUT2D eigenvalue weighted by atomic mass is 10.2. The average Bonchev–Trinajstić information content (AvgIpc) is 2.36. The van der Waals surface area contributed by atoms with Crippen LogP contribution in [0, 0.1) is 0 Å². The van der Waals surface area contributed by atoms with Gasteiger partial charge in [-0.05, 0) is 37.6 Å². The lowest BCUT2D eigenvalue weighted by molar-refractivity contribution is 0.310. The molecule has 0 aliphatic heterocycles. The fourth-order valence-electron chi connectivity index (χ4n) is 1.63. The quantitative estimate of drug-likeness (QED) is 0.705. The Morgan fingerprint density at radius 1 is 1.18 bits per heavy atom. The Kier molecular flexibility index (Phi) is 6.48. The van der Waals surface area contributed by atoms with Gasteiger partial charge in [-0.25, -0.2) is 0 Å². The van der Waals surface area contributed by atoms with Gasteiger partial charge in [-0.3, -0.25) is 0 Å². The van der Waals surface area contributed by atoms with E-state index in [4.69, 9.17) is 9.47 Å². The second kappa shape index (κ2) is 7.96. The van der Waals surface area contributed by atoms with Crippen molar-refractivity contribution in [2.24, 2.45) is 0 Å². The van der Waals surface area contributed by atoms with Gasteiger partial charge in [0.25, 0.3) is 0 Å². The van der Waals surface area contributed by atoms with Gasteiger partial charge in [0.2, 0.25) is 0 Å². The number of hydrogen-bond acceptors (Lipinski definition) is 3. The smallest absolute Gasteiger partial charge is 0.161 e. The van der Waals surface area contributed by atoms with Crippen LogP contribution in [0.1, 0.15) is 32.3 Å². The molecular weight excluding hydrogens is 214 g/mol. The molecule has 1 aromatic carbocycles. The van der Waals surface area contributed by atoms with Crippen LogP contribution < -0.4 is 14.8 Å². The Morgan fingerprint density at radius 3 is 2.65 bits per heavy atom. The SMILES string of the molecule is CCCCNCc1ccc(OCC)c(OC)c1. The van der Waals surface area contributed by atoms with Crippen LogP contribution in [0.2, 0.25) is 0 Å². The molecule has 17 heavy (non-hydrogen) atoms. The van der Waals surface area contributed by atoms with Gasteiger partial charge >= 0.3 is 0 Å². The van der Waals surface area contributed by atoms with Gasteiger partial charge in [0.1, 0.15) is 0 Å². The zero-order chi connectivity index (χ0) is 12.5. The summed E-state index contributed by atoms with van der Waals surface area (Å²) in [6.07, 6.45) is 2.44. The van der Waals surface area contributed by atoms with E-state index in [0.717, 1.165) is 24.6 Å². The molecule has 3 nitrogen and oxygen atoms in total. The number of nitrogens with one attached hydrogen (secondary N) is 1. The van der Waals surface area contributed by atoms with Gasteiger partial charge in [-0.2, -0.15) is 0 Å². The first-order valence-corrected chi connectivity index (χ1v) is 6.32. The van der Waals surface area contributed by atoms with E-state index in [1.807, 2.05) is 19.1 Å². The minimum atomic E-state index is 0.657. The molecule has 0 saturated carbocycles. The fraction of sp³-hybridized carbons (Fsp3) is 0.571. The van der Waals surface area contributed by atoms with Crippen molar-refractivity contribution in [2.45, 2.75) is 33.2 Å². The Hall–Kier alpha value is -1.22. The highest BCUT2D eigenvalue weighted by molar-refractivity contribution is 5.42. The first-order valence-electron chi connectivity index (χ1n) is 6.32. The summed E-state index contributed by atoms with van der Waals surface area (Å²) in [5.74, 6) is 1.62. The largest absolute Gasteiger partial charge is 0.493 e. The molecule has 3 heteroatoms. The van der Waals surface area contributed by atoms with Crippen molar-refractivity contribution in [3.8, 4) is 11.5 Å². The van der Waals surface area contributed by atoms with E-state index in [1.54, 1.807) is 7.11 Å². The van der Waals surface area contributed by atoms with Crippen LogP contribution in [-0.4, -0.2) is 20.3 Å². The van der Waals surface area contributed by atoms with E-state index in [0.29, 0.717) is 6.61 Å². The van der Waals surface area contributed by atoms with Crippen LogP contribution in [0.5, 0.6) is 11.5 Å². The summed E-state index contributed by atoms with van der Waals surface area (Å²) >= 11 is 0. The third-order valence-corrected chi connectivity index (χ3v) is 2.56. The van der Waals surface area contributed by atoms with Crippen LogP contribution >= 0.6 is 0 Å². The molecule has 0 spiro atoms. The first-order chi connectivity index (χ1) is 8.31. The van der Waals surface area contributed by atoms with E-state index in [9.17, 15) is 0 Å². The maximum atomic E-state index is 5.48. The minimum Gasteiger partial charge on any atom is -0.493 e. The maximum absolute atomic E-state index is 5.48. The number of hydrogen-bond donors (Lipinski definition) is 1. The van der Waals surface area contributed by atoms with E-state index >= 15 is 0 Å². The molecule has 0 saturated heterocycles. The summed E-state index contributed by atoms with van der Waals surface area (Å²) in [7, 11) is 1.67. The van der Waals surface area contributed by atoms with Crippen molar-refractivity contribution in [1.29, 1.82) is 0 Å². The van der Waals surface area contributed by atoms with E-state index in [-0.39, 0.29) is 0 Å². The van der Waals surface area contributed by atoms with Crippen LogP contribution in [0.4, 0.5) is 0 Å². The Bertz CT molecular complexity index is 326. The number of ether oxygens (including phenoxy) is 2. The molecule has 0 aliphatic carbocycles. The predicted molar refractivity (Wildman–Crippen MR) is 70.8 cm³/mol. The zero-order valence-corrected chi connectivity index (χ0v) is 11.1. The van der Waals surface area contributed by atoms with Crippen LogP contribution in [0.15, 0.2) is 18.2 Å². The zero-order valence-electron chi connectivity index (χ0n) is 11.1. The molecule has 1 aromatic rings. The second-order valence-corrected chi connectivity index (χ2v) is 3.95. The van der Waals surface area contributed by atoms with Crippen molar-refractivity contribution >= 4 is 0 Å². The van der Waals surface area contributed by atoms with Gasteiger partial charge in [0, 0.05) is 6.54 Å². The lowest BCUT2D eigenvalue weighted by Crippen LogP contribution is -2.14. The highest BCUT2D eigenvalue weighted by Crippen LogP contribution is 2.27. The molecular formula is C14H23NO2. The van der Waals surface area contributed by atoms with Crippen LogP contribution in [-0.2, 0) is 6.54 Å². The third kappa shape index (κ3) is 4.65. The van der Waals surface area contributed by atoms with E-state index in [2.05, 4.69) is 18.3 Å². The van der Waals surface area contributed by atoms with Crippen LogP contribution in [0.3, 0.4) is 0 Å². The monoisotopic (exact) mass is 237 g/mol.